The van der Waals surface area contributed by atoms with Crippen LogP contribution >= 0.6 is 0 Å². The van der Waals surface area contributed by atoms with Gasteiger partial charge in [-0.25, -0.2) is 0 Å². The van der Waals surface area contributed by atoms with Gasteiger partial charge in [-0.3, -0.25) is 5.10 Å². The summed E-state index contributed by atoms with van der Waals surface area (Å²) in [6.45, 7) is 8.42. The minimum Gasteiger partial charge on any atom is -0.464 e. The molecule has 0 aliphatic rings. The van der Waals surface area contributed by atoms with E-state index in [0.29, 0.717) is 6.04 Å². The Labute approximate surface area is 114 Å². The molecule has 2 rings (SSSR count). The molecule has 2 heterocycles. The Bertz CT molecular complexity index is 515. The van der Waals surface area contributed by atoms with Crippen LogP contribution in [-0.2, 0) is 12.8 Å². The molecule has 0 bridgehead atoms. The first-order valence-electron chi connectivity index (χ1n) is 6.94. The molecule has 2 N–H and O–H groups in total. The van der Waals surface area contributed by atoms with E-state index in [-0.39, 0.29) is 6.04 Å². The van der Waals surface area contributed by atoms with Crippen molar-refractivity contribution in [3.05, 3.63) is 41.1 Å². The molecular formula is C15H23N3O. The summed E-state index contributed by atoms with van der Waals surface area (Å²) in [4.78, 5) is 0. The summed E-state index contributed by atoms with van der Waals surface area (Å²) < 4.78 is 5.77. The molecular weight excluding hydrogens is 238 g/mol. The van der Waals surface area contributed by atoms with E-state index in [1.54, 1.807) is 0 Å². The molecule has 0 aromatic carbocycles. The summed E-state index contributed by atoms with van der Waals surface area (Å²) in [5, 5.41) is 10.8. The highest BCUT2D eigenvalue weighted by Crippen LogP contribution is 2.17. The number of rotatable bonds is 6. The monoisotopic (exact) mass is 261 g/mol. The molecule has 2 atom stereocenters. The standard InChI is InChI=1S/C15H23N3O/c1-5-14-6-7-15(19-14)12(4)16-10(2)8-13-9-11(3)17-18-13/h6-7,9-10,12,16H,5,8H2,1-4H3,(H,17,18)/t10-,12-/m1/s1. The minimum absolute atomic E-state index is 0.218. The number of hydrogen-bond donors (Lipinski definition) is 2. The number of H-pyrrole nitrogens is 1. The van der Waals surface area contributed by atoms with Crippen LogP contribution in [0.4, 0.5) is 0 Å². The van der Waals surface area contributed by atoms with Gasteiger partial charge < -0.3 is 9.73 Å². The van der Waals surface area contributed by atoms with E-state index in [4.69, 9.17) is 4.42 Å². The third kappa shape index (κ3) is 3.70. The highest BCUT2D eigenvalue weighted by molar-refractivity contribution is 5.11. The molecule has 0 spiro atoms. The Kier molecular flexibility index (Phi) is 4.43. The Morgan fingerprint density at radius 2 is 2.16 bits per heavy atom. The first-order chi connectivity index (χ1) is 9.08. The predicted molar refractivity (Wildman–Crippen MR) is 76.1 cm³/mol. The number of aromatic nitrogens is 2. The first kappa shape index (κ1) is 13.9. The normalized spacial score (nSPS) is 14.5. The maximum atomic E-state index is 5.77. The fraction of sp³-hybridized carbons (Fsp3) is 0.533. The van der Waals surface area contributed by atoms with E-state index in [0.717, 1.165) is 35.7 Å². The predicted octanol–water partition coefficient (Wildman–Crippen LogP) is 3.16. The number of nitrogens with zero attached hydrogens (tertiary/aromatic N) is 1. The van der Waals surface area contributed by atoms with Gasteiger partial charge in [0.15, 0.2) is 0 Å². The third-order valence-corrected chi connectivity index (χ3v) is 3.27. The summed E-state index contributed by atoms with van der Waals surface area (Å²) in [5.74, 6) is 2.04. The van der Waals surface area contributed by atoms with Crippen LogP contribution in [0.2, 0.25) is 0 Å². The van der Waals surface area contributed by atoms with Crippen molar-refractivity contribution in [1.29, 1.82) is 0 Å². The number of hydrogen-bond acceptors (Lipinski definition) is 3. The van der Waals surface area contributed by atoms with Crippen molar-refractivity contribution in [3.63, 3.8) is 0 Å². The lowest BCUT2D eigenvalue weighted by Crippen LogP contribution is -2.30. The molecule has 0 radical (unpaired) electrons. The van der Waals surface area contributed by atoms with E-state index in [2.05, 4.69) is 54.5 Å². The van der Waals surface area contributed by atoms with Crippen LogP contribution in [0.25, 0.3) is 0 Å². The van der Waals surface area contributed by atoms with Crippen molar-refractivity contribution in [2.24, 2.45) is 0 Å². The molecule has 0 unspecified atom stereocenters. The smallest absolute Gasteiger partial charge is 0.120 e. The largest absolute Gasteiger partial charge is 0.464 e. The highest BCUT2D eigenvalue weighted by Gasteiger charge is 2.14. The third-order valence-electron chi connectivity index (χ3n) is 3.27. The maximum Gasteiger partial charge on any atom is 0.120 e. The van der Waals surface area contributed by atoms with Crippen LogP contribution in [0.15, 0.2) is 22.6 Å². The number of aryl methyl sites for hydroxylation is 2. The molecule has 0 fully saturated rings. The molecule has 0 saturated heterocycles. The lowest BCUT2D eigenvalue weighted by molar-refractivity contribution is 0.381. The Morgan fingerprint density at radius 3 is 2.74 bits per heavy atom. The number of furan rings is 1. The molecule has 2 aromatic rings. The van der Waals surface area contributed by atoms with Gasteiger partial charge in [0.05, 0.1) is 11.7 Å². The van der Waals surface area contributed by atoms with Gasteiger partial charge >= 0.3 is 0 Å². The minimum atomic E-state index is 0.218. The lowest BCUT2D eigenvalue weighted by atomic mass is 10.1. The fourth-order valence-electron chi connectivity index (χ4n) is 2.28. The van der Waals surface area contributed by atoms with Crippen molar-refractivity contribution in [2.75, 3.05) is 0 Å². The zero-order chi connectivity index (χ0) is 13.8. The van der Waals surface area contributed by atoms with Gasteiger partial charge in [0.2, 0.25) is 0 Å². The zero-order valence-corrected chi connectivity index (χ0v) is 12.2. The van der Waals surface area contributed by atoms with Crippen molar-refractivity contribution in [1.82, 2.24) is 15.5 Å². The number of nitrogens with one attached hydrogen (secondary N) is 2. The van der Waals surface area contributed by atoms with Crippen molar-refractivity contribution in [3.8, 4) is 0 Å². The van der Waals surface area contributed by atoms with Crippen LogP contribution < -0.4 is 5.32 Å². The van der Waals surface area contributed by atoms with E-state index in [9.17, 15) is 0 Å². The maximum absolute atomic E-state index is 5.77. The average molecular weight is 261 g/mol. The van der Waals surface area contributed by atoms with E-state index in [1.165, 1.54) is 0 Å². The van der Waals surface area contributed by atoms with Crippen molar-refractivity contribution in [2.45, 2.75) is 52.6 Å². The van der Waals surface area contributed by atoms with Crippen LogP contribution in [0.5, 0.6) is 0 Å². The topological polar surface area (TPSA) is 53.9 Å². The quantitative estimate of drug-likeness (QED) is 0.840. The fourth-order valence-corrected chi connectivity index (χ4v) is 2.28. The van der Waals surface area contributed by atoms with Gasteiger partial charge in [-0.15, -0.1) is 0 Å². The van der Waals surface area contributed by atoms with E-state index >= 15 is 0 Å². The van der Waals surface area contributed by atoms with Crippen LogP contribution in [0.3, 0.4) is 0 Å². The SMILES string of the molecule is CCc1ccc([C@@H](C)N[C@H](C)Cc2cc(C)[nH]n2)o1. The van der Waals surface area contributed by atoms with Gasteiger partial charge in [-0.2, -0.15) is 5.10 Å². The van der Waals surface area contributed by atoms with E-state index in [1.807, 2.05) is 6.92 Å². The Morgan fingerprint density at radius 1 is 1.37 bits per heavy atom. The van der Waals surface area contributed by atoms with Gasteiger partial charge in [0.25, 0.3) is 0 Å². The molecule has 104 valence electrons. The Balaban J connectivity index is 1.89. The lowest BCUT2D eigenvalue weighted by Gasteiger charge is -2.17. The molecule has 19 heavy (non-hydrogen) atoms. The first-order valence-corrected chi connectivity index (χ1v) is 6.94. The molecule has 0 saturated carbocycles. The number of aromatic amines is 1. The van der Waals surface area contributed by atoms with Gasteiger partial charge in [0, 0.05) is 24.6 Å². The van der Waals surface area contributed by atoms with Crippen molar-refractivity contribution < 1.29 is 4.42 Å². The summed E-state index contributed by atoms with van der Waals surface area (Å²) >= 11 is 0. The zero-order valence-electron chi connectivity index (χ0n) is 12.2. The van der Waals surface area contributed by atoms with Gasteiger partial charge in [-0.1, -0.05) is 6.92 Å². The van der Waals surface area contributed by atoms with Crippen LogP contribution in [0.1, 0.15) is 49.7 Å². The van der Waals surface area contributed by atoms with Crippen molar-refractivity contribution >= 4 is 0 Å². The average Bonchev–Trinajstić information content (AvgIpc) is 2.98. The molecule has 4 heteroatoms. The van der Waals surface area contributed by atoms with E-state index < -0.39 is 0 Å². The molecule has 0 aliphatic carbocycles. The summed E-state index contributed by atoms with van der Waals surface area (Å²) in [6, 6.07) is 6.77. The van der Waals surface area contributed by atoms with Gasteiger partial charge in [-0.05, 0) is 39.0 Å². The molecule has 0 amide bonds. The Hall–Kier alpha value is -1.55. The van der Waals surface area contributed by atoms with Crippen LogP contribution in [-0.4, -0.2) is 16.2 Å². The molecule has 2 aromatic heterocycles. The highest BCUT2D eigenvalue weighted by atomic mass is 16.3. The summed E-state index contributed by atoms with van der Waals surface area (Å²) in [6.07, 6.45) is 1.85. The van der Waals surface area contributed by atoms with Gasteiger partial charge in [0.1, 0.15) is 11.5 Å². The van der Waals surface area contributed by atoms with Crippen LogP contribution in [0, 0.1) is 6.92 Å². The summed E-state index contributed by atoms with van der Waals surface area (Å²) in [7, 11) is 0. The summed E-state index contributed by atoms with van der Waals surface area (Å²) in [5.41, 5.74) is 2.20. The second kappa shape index (κ2) is 6.06. The second-order valence-electron chi connectivity index (χ2n) is 5.19. The second-order valence-corrected chi connectivity index (χ2v) is 5.19. The molecule has 0 aliphatic heterocycles. The molecule has 4 nitrogen and oxygen atoms in total.